The SMILES string of the molecule is CS(=O)(=O)Nc1cnn(CC(=O)n2ccc3cc(N)ccc32)n1. The molecule has 0 radical (unpaired) electrons. The van der Waals surface area contributed by atoms with Gasteiger partial charge in [0.05, 0.1) is 18.0 Å². The lowest BCUT2D eigenvalue weighted by atomic mass is 10.2. The van der Waals surface area contributed by atoms with Crippen molar-refractivity contribution >= 4 is 38.3 Å². The number of carbonyl (C=O) groups is 1. The van der Waals surface area contributed by atoms with Crippen molar-refractivity contribution in [1.29, 1.82) is 0 Å². The van der Waals surface area contributed by atoms with Gasteiger partial charge in [0.25, 0.3) is 5.91 Å². The zero-order valence-corrected chi connectivity index (χ0v) is 13.0. The fraction of sp³-hybridized carbons (Fsp3) is 0.154. The molecule has 0 bridgehead atoms. The summed E-state index contributed by atoms with van der Waals surface area (Å²) in [6.45, 7) is -0.125. The molecule has 0 amide bonds. The number of rotatable bonds is 4. The Morgan fingerprint density at radius 3 is 2.87 bits per heavy atom. The van der Waals surface area contributed by atoms with Crippen molar-refractivity contribution in [3.63, 3.8) is 0 Å². The maximum atomic E-state index is 12.4. The zero-order valence-electron chi connectivity index (χ0n) is 12.2. The van der Waals surface area contributed by atoms with Crippen LogP contribution in [0.1, 0.15) is 4.79 Å². The van der Waals surface area contributed by atoms with Gasteiger partial charge in [0.15, 0.2) is 5.82 Å². The first-order valence-corrected chi connectivity index (χ1v) is 8.49. The first kappa shape index (κ1) is 15.0. The summed E-state index contributed by atoms with van der Waals surface area (Å²) >= 11 is 0. The summed E-state index contributed by atoms with van der Waals surface area (Å²) in [6, 6.07) is 7.04. The molecule has 0 atom stereocenters. The number of sulfonamides is 1. The molecule has 10 heteroatoms. The predicted molar refractivity (Wildman–Crippen MR) is 85.5 cm³/mol. The van der Waals surface area contributed by atoms with Crippen molar-refractivity contribution in [2.45, 2.75) is 6.54 Å². The van der Waals surface area contributed by atoms with E-state index in [0.29, 0.717) is 5.69 Å². The van der Waals surface area contributed by atoms with Gasteiger partial charge in [-0.15, -0.1) is 5.10 Å². The highest BCUT2D eigenvalue weighted by Crippen LogP contribution is 2.18. The quantitative estimate of drug-likeness (QED) is 0.670. The Balaban J connectivity index is 1.81. The number of hydrogen-bond donors (Lipinski definition) is 2. The van der Waals surface area contributed by atoms with E-state index in [0.717, 1.165) is 22.0 Å². The Kier molecular flexibility index (Phi) is 3.52. The minimum absolute atomic E-state index is 0.0606. The predicted octanol–water partition coefficient (Wildman–Crippen LogP) is 0.527. The fourth-order valence-corrected chi connectivity index (χ4v) is 2.66. The summed E-state index contributed by atoms with van der Waals surface area (Å²) < 4.78 is 25.9. The van der Waals surface area contributed by atoms with Crippen LogP contribution in [0.2, 0.25) is 0 Å². The minimum Gasteiger partial charge on any atom is -0.399 e. The van der Waals surface area contributed by atoms with Crippen LogP contribution in [-0.4, -0.2) is 40.1 Å². The van der Waals surface area contributed by atoms with Gasteiger partial charge in [-0.3, -0.25) is 14.1 Å². The van der Waals surface area contributed by atoms with Crippen LogP contribution in [0.4, 0.5) is 11.5 Å². The van der Waals surface area contributed by atoms with Crippen LogP contribution in [0.3, 0.4) is 0 Å². The minimum atomic E-state index is -3.44. The van der Waals surface area contributed by atoms with E-state index >= 15 is 0 Å². The van der Waals surface area contributed by atoms with E-state index in [4.69, 9.17) is 5.73 Å². The Labute approximate surface area is 131 Å². The van der Waals surface area contributed by atoms with Crippen molar-refractivity contribution in [2.75, 3.05) is 16.7 Å². The third kappa shape index (κ3) is 3.31. The molecule has 0 aliphatic rings. The van der Waals surface area contributed by atoms with E-state index in [1.54, 1.807) is 30.5 Å². The molecule has 0 saturated carbocycles. The van der Waals surface area contributed by atoms with Gasteiger partial charge in [-0.1, -0.05) is 0 Å². The lowest BCUT2D eigenvalue weighted by molar-refractivity contribution is 0.0886. The van der Waals surface area contributed by atoms with Gasteiger partial charge in [0.1, 0.15) is 6.54 Å². The number of carbonyl (C=O) groups excluding carboxylic acids is 1. The average molecular weight is 334 g/mol. The van der Waals surface area contributed by atoms with E-state index in [-0.39, 0.29) is 18.3 Å². The molecule has 1 aromatic carbocycles. The van der Waals surface area contributed by atoms with Gasteiger partial charge in [-0.05, 0) is 24.3 Å². The lowest BCUT2D eigenvalue weighted by Crippen LogP contribution is -2.19. The second kappa shape index (κ2) is 5.39. The van der Waals surface area contributed by atoms with Crippen LogP contribution < -0.4 is 10.5 Å². The van der Waals surface area contributed by atoms with Crippen LogP contribution in [-0.2, 0) is 16.6 Å². The molecule has 0 unspecified atom stereocenters. The molecule has 0 aliphatic carbocycles. The van der Waals surface area contributed by atoms with Crippen molar-refractivity contribution in [1.82, 2.24) is 19.6 Å². The van der Waals surface area contributed by atoms with E-state index in [2.05, 4.69) is 14.9 Å². The number of anilines is 2. The summed E-state index contributed by atoms with van der Waals surface area (Å²) in [5, 5.41) is 8.62. The van der Waals surface area contributed by atoms with Crippen molar-refractivity contribution in [2.24, 2.45) is 0 Å². The van der Waals surface area contributed by atoms with Gasteiger partial charge in [0, 0.05) is 17.3 Å². The summed E-state index contributed by atoms with van der Waals surface area (Å²) in [7, 11) is -3.44. The van der Waals surface area contributed by atoms with Crippen LogP contribution in [0.5, 0.6) is 0 Å². The molecule has 2 aromatic heterocycles. The highest BCUT2D eigenvalue weighted by atomic mass is 32.2. The average Bonchev–Trinajstić information content (AvgIpc) is 3.03. The van der Waals surface area contributed by atoms with Crippen molar-refractivity contribution < 1.29 is 13.2 Å². The third-order valence-corrected chi connectivity index (χ3v) is 3.67. The molecule has 3 aromatic rings. The van der Waals surface area contributed by atoms with Crippen LogP contribution in [0.25, 0.3) is 10.9 Å². The Morgan fingerprint density at radius 2 is 2.13 bits per heavy atom. The molecule has 0 aliphatic heterocycles. The molecule has 3 N–H and O–H groups in total. The normalized spacial score (nSPS) is 11.7. The number of nitrogens with two attached hydrogens (primary N) is 1. The van der Waals surface area contributed by atoms with Gasteiger partial charge >= 0.3 is 0 Å². The summed E-state index contributed by atoms with van der Waals surface area (Å²) in [6.07, 6.45) is 3.89. The molecular weight excluding hydrogens is 320 g/mol. The van der Waals surface area contributed by atoms with Gasteiger partial charge in [-0.2, -0.15) is 9.90 Å². The van der Waals surface area contributed by atoms with Gasteiger partial charge < -0.3 is 5.73 Å². The van der Waals surface area contributed by atoms with E-state index in [1.165, 1.54) is 10.8 Å². The summed E-state index contributed by atoms with van der Waals surface area (Å²) in [5.74, 6) is -0.197. The smallest absolute Gasteiger partial charge is 0.254 e. The van der Waals surface area contributed by atoms with E-state index in [1.807, 2.05) is 0 Å². The van der Waals surface area contributed by atoms with Crippen molar-refractivity contribution in [3.05, 3.63) is 36.7 Å². The molecule has 0 spiro atoms. The summed E-state index contributed by atoms with van der Waals surface area (Å²) in [5.41, 5.74) is 7.06. The number of nitrogen functional groups attached to an aromatic ring is 1. The Hall–Kier alpha value is -2.88. The molecule has 0 fully saturated rings. The number of fused-ring (bicyclic) bond motifs is 1. The van der Waals surface area contributed by atoms with Crippen LogP contribution in [0, 0.1) is 0 Å². The fourth-order valence-electron chi connectivity index (χ4n) is 2.19. The molecule has 120 valence electrons. The number of benzene rings is 1. The standard InChI is InChI=1S/C13H14N6O3S/c1-23(21,22)17-12-7-15-19(16-12)8-13(20)18-5-4-9-6-10(14)2-3-11(9)18/h2-7H,8,14H2,1H3,(H,16,17). The second-order valence-electron chi connectivity index (χ2n) is 5.03. The molecule has 9 nitrogen and oxygen atoms in total. The van der Waals surface area contributed by atoms with Crippen LogP contribution in [0.15, 0.2) is 36.7 Å². The van der Waals surface area contributed by atoms with E-state index in [9.17, 15) is 13.2 Å². The zero-order chi connectivity index (χ0) is 16.6. The van der Waals surface area contributed by atoms with Crippen LogP contribution >= 0.6 is 0 Å². The maximum Gasteiger partial charge on any atom is 0.254 e. The second-order valence-corrected chi connectivity index (χ2v) is 6.78. The number of aromatic nitrogens is 4. The Morgan fingerprint density at radius 1 is 1.35 bits per heavy atom. The van der Waals surface area contributed by atoms with Crippen molar-refractivity contribution in [3.8, 4) is 0 Å². The topological polar surface area (TPSA) is 125 Å². The highest BCUT2D eigenvalue weighted by molar-refractivity contribution is 7.92. The monoisotopic (exact) mass is 334 g/mol. The molecule has 3 rings (SSSR count). The number of nitrogens with zero attached hydrogens (tertiary/aromatic N) is 4. The number of hydrogen-bond acceptors (Lipinski definition) is 6. The molecular formula is C13H14N6O3S. The van der Waals surface area contributed by atoms with Gasteiger partial charge in [-0.25, -0.2) is 8.42 Å². The highest BCUT2D eigenvalue weighted by Gasteiger charge is 2.12. The third-order valence-electron chi connectivity index (χ3n) is 3.09. The molecule has 2 heterocycles. The molecule has 23 heavy (non-hydrogen) atoms. The Bertz CT molecular complexity index is 988. The lowest BCUT2D eigenvalue weighted by Gasteiger charge is -2.04. The summed E-state index contributed by atoms with van der Waals surface area (Å²) in [4.78, 5) is 13.5. The maximum absolute atomic E-state index is 12.4. The number of nitrogens with one attached hydrogen (secondary N) is 1. The molecule has 0 saturated heterocycles. The van der Waals surface area contributed by atoms with Gasteiger partial charge in [0.2, 0.25) is 10.0 Å². The van der Waals surface area contributed by atoms with E-state index < -0.39 is 10.0 Å². The largest absolute Gasteiger partial charge is 0.399 e. The first-order valence-electron chi connectivity index (χ1n) is 6.59. The first-order chi connectivity index (χ1) is 10.8.